The van der Waals surface area contributed by atoms with Crippen LogP contribution in [0, 0.1) is 5.82 Å². The summed E-state index contributed by atoms with van der Waals surface area (Å²) in [5.41, 5.74) is -0.190. The topological polar surface area (TPSA) is 60.9 Å². The zero-order valence-electron chi connectivity index (χ0n) is 16.8. The molecule has 1 aromatic rings. The Hall–Kier alpha value is -2.28. The van der Waals surface area contributed by atoms with E-state index in [0.29, 0.717) is 31.2 Å². The van der Waals surface area contributed by atoms with E-state index in [2.05, 4.69) is 4.90 Å². The largest absolute Gasteiger partial charge is 0.327 e. The SMILES string of the molecule is CC(C)N1C(=O)N(C)C(=O)C12CCN(CCCC(=O)c1ccc(F)cc1)CC2. The van der Waals surface area contributed by atoms with Crippen LogP contribution >= 0.6 is 0 Å². The number of rotatable bonds is 6. The molecule has 7 heteroatoms. The van der Waals surface area contributed by atoms with Crippen LogP contribution in [0.2, 0.25) is 0 Å². The van der Waals surface area contributed by atoms with Crippen LogP contribution in [0.15, 0.2) is 24.3 Å². The predicted molar refractivity (Wildman–Crippen MR) is 104 cm³/mol. The van der Waals surface area contributed by atoms with Crippen molar-refractivity contribution in [1.29, 1.82) is 0 Å². The molecule has 3 amide bonds. The Labute approximate surface area is 165 Å². The number of ketones is 1. The average Bonchev–Trinajstić information content (AvgIpc) is 2.85. The molecule has 2 aliphatic rings. The summed E-state index contributed by atoms with van der Waals surface area (Å²) in [5.74, 6) is -0.435. The number of amides is 3. The molecule has 152 valence electrons. The van der Waals surface area contributed by atoms with E-state index in [1.54, 1.807) is 11.9 Å². The molecule has 0 aromatic heterocycles. The second-order valence-corrected chi connectivity index (χ2v) is 8.02. The fourth-order valence-corrected chi connectivity index (χ4v) is 4.41. The number of Topliss-reactive ketones (excluding diaryl/α,β-unsaturated/α-hetero) is 1. The molecule has 0 bridgehead atoms. The van der Waals surface area contributed by atoms with Crippen molar-refractivity contribution in [2.45, 2.75) is 51.1 Å². The third-order valence-electron chi connectivity index (χ3n) is 5.90. The standard InChI is InChI=1S/C21H28FN3O3/c1-15(2)25-20(28)23(3)19(27)21(25)10-13-24(14-11-21)12-4-5-18(26)16-6-8-17(22)9-7-16/h6-9,15H,4-5,10-14H2,1-3H3. The monoisotopic (exact) mass is 389 g/mol. The number of nitrogens with zero attached hydrogens (tertiary/aromatic N) is 3. The minimum atomic E-state index is -0.722. The highest BCUT2D eigenvalue weighted by Gasteiger charge is 2.57. The maximum Gasteiger partial charge on any atom is 0.327 e. The Balaban J connectivity index is 1.52. The smallest absolute Gasteiger partial charge is 0.307 e. The minimum Gasteiger partial charge on any atom is -0.307 e. The van der Waals surface area contributed by atoms with Gasteiger partial charge >= 0.3 is 6.03 Å². The summed E-state index contributed by atoms with van der Waals surface area (Å²) < 4.78 is 13.0. The van der Waals surface area contributed by atoms with E-state index in [1.807, 2.05) is 13.8 Å². The van der Waals surface area contributed by atoms with Gasteiger partial charge in [-0.15, -0.1) is 0 Å². The van der Waals surface area contributed by atoms with Crippen molar-refractivity contribution >= 4 is 17.7 Å². The van der Waals surface area contributed by atoms with E-state index < -0.39 is 5.54 Å². The number of likely N-dealkylation sites (tertiary alicyclic amines) is 1. The van der Waals surface area contributed by atoms with Crippen molar-refractivity contribution in [3.8, 4) is 0 Å². The maximum atomic E-state index is 13.0. The van der Waals surface area contributed by atoms with Gasteiger partial charge in [0, 0.05) is 38.2 Å². The zero-order valence-corrected chi connectivity index (χ0v) is 16.8. The van der Waals surface area contributed by atoms with Crippen LogP contribution in [0.25, 0.3) is 0 Å². The number of urea groups is 1. The van der Waals surface area contributed by atoms with Crippen molar-refractivity contribution < 1.29 is 18.8 Å². The lowest BCUT2D eigenvalue weighted by molar-refractivity contribution is -0.135. The number of hydrogen-bond donors (Lipinski definition) is 0. The van der Waals surface area contributed by atoms with Crippen molar-refractivity contribution in [3.05, 3.63) is 35.6 Å². The summed E-state index contributed by atoms with van der Waals surface area (Å²) in [6.45, 7) is 6.10. The average molecular weight is 389 g/mol. The molecule has 0 unspecified atom stereocenters. The molecule has 0 saturated carbocycles. The van der Waals surface area contributed by atoms with Crippen LogP contribution < -0.4 is 0 Å². The van der Waals surface area contributed by atoms with Crippen LogP contribution in [-0.2, 0) is 4.79 Å². The molecule has 6 nitrogen and oxygen atoms in total. The van der Waals surface area contributed by atoms with Gasteiger partial charge in [-0.2, -0.15) is 0 Å². The second-order valence-electron chi connectivity index (χ2n) is 8.02. The third-order valence-corrected chi connectivity index (χ3v) is 5.90. The predicted octanol–water partition coefficient (Wildman–Crippen LogP) is 2.93. The van der Waals surface area contributed by atoms with Gasteiger partial charge in [0.2, 0.25) is 0 Å². The summed E-state index contributed by atoms with van der Waals surface area (Å²) in [5, 5.41) is 0. The van der Waals surface area contributed by atoms with E-state index in [0.717, 1.165) is 19.6 Å². The fraction of sp³-hybridized carbons (Fsp3) is 0.571. The Kier molecular flexibility index (Phi) is 5.84. The Morgan fingerprint density at radius 2 is 1.75 bits per heavy atom. The van der Waals surface area contributed by atoms with Crippen molar-refractivity contribution in [3.63, 3.8) is 0 Å². The van der Waals surface area contributed by atoms with Crippen LogP contribution in [0.3, 0.4) is 0 Å². The normalized spacial score (nSPS) is 19.9. The number of likely N-dealkylation sites (N-methyl/N-ethyl adjacent to an activating group) is 1. The Bertz CT molecular complexity index is 755. The van der Waals surface area contributed by atoms with Crippen LogP contribution in [0.5, 0.6) is 0 Å². The molecule has 3 rings (SSSR count). The third kappa shape index (κ3) is 3.68. The Morgan fingerprint density at radius 3 is 2.32 bits per heavy atom. The molecule has 0 N–H and O–H groups in total. The number of piperidine rings is 1. The number of benzene rings is 1. The summed E-state index contributed by atoms with van der Waals surface area (Å²) >= 11 is 0. The highest BCUT2D eigenvalue weighted by Crippen LogP contribution is 2.38. The summed E-state index contributed by atoms with van der Waals surface area (Å²) in [6, 6.07) is 5.40. The zero-order chi connectivity index (χ0) is 20.5. The van der Waals surface area contributed by atoms with Gasteiger partial charge in [-0.25, -0.2) is 9.18 Å². The number of carbonyl (C=O) groups is 3. The molecule has 28 heavy (non-hydrogen) atoms. The molecular weight excluding hydrogens is 361 g/mol. The van der Waals surface area contributed by atoms with E-state index >= 15 is 0 Å². The van der Waals surface area contributed by atoms with Gasteiger partial charge in [0.15, 0.2) is 5.78 Å². The fourth-order valence-electron chi connectivity index (χ4n) is 4.41. The summed E-state index contributed by atoms with van der Waals surface area (Å²) in [7, 11) is 1.56. The van der Waals surface area contributed by atoms with Gasteiger partial charge < -0.3 is 9.80 Å². The van der Waals surface area contributed by atoms with E-state index in [-0.39, 0.29) is 29.6 Å². The lowest BCUT2D eigenvalue weighted by Crippen LogP contribution is -2.58. The first-order valence-corrected chi connectivity index (χ1v) is 9.89. The Morgan fingerprint density at radius 1 is 1.14 bits per heavy atom. The minimum absolute atomic E-state index is 0.0117. The van der Waals surface area contributed by atoms with Gasteiger partial charge in [0.1, 0.15) is 11.4 Å². The molecular formula is C21H28FN3O3. The van der Waals surface area contributed by atoms with Gasteiger partial charge in [-0.05, 0) is 63.9 Å². The summed E-state index contributed by atoms with van der Waals surface area (Å²) in [6.07, 6.45) is 2.35. The molecule has 0 atom stereocenters. The number of carbonyl (C=O) groups excluding carboxylic acids is 3. The number of halogens is 1. The van der Waals surface area contributed by atoms with Gasteiger partial charge in [0.05, 0.1) is 0 Å². The summed E-state index contributed by atoms with van der Waals surface area (Å²) in [4.78, 5) is 42.7. The van der Waals surface area contributed by atoms with Crippen LogP contribution in [-0.4, -0.2) is 70.7 Å². The molecule has 1 aromatic carbocycles. The molecule has 2 heterocycles. The molecule has 0 aliphatic carbocycles. The molecule has 1 spiro atoms. The molecule has 2 aliphatic heterocycles. The van der Waals surface area contributed by atoms with Crippen LogP contribution in [0.1, 0.15) is 49.9 Å². The van der Waals surface area contributed by atoms with Gasteiger partial charge in [-0.1, -0.05) is 0 Å². The lowest BCUT2D eigenvalue weighted by atomic mass is 9.85. The first-order valence-electron chi connectivity index (χ1n) is 9.89. The van der Waals surface area contributed by atoms with E-state index in [4.69, 9.17) is 0 Å². The second kappa shape index (κ2) is 7.99. The van der Waals surface area contributed by atoms with E-state index in [9.17, 15) is 18.8 Å². The highest BCUT2D eigenvalue weighted by molar-refractivity contribution is 6.07. The lowest BCUT2D eigenvalue weighted by Gasteiger charge is -2.43. The van der Waals surface area contributed by atoms with Crippen molar-refractivity contribution in [2.75, 3.05) is 26.7 Å². The van der Waals surface area contributed by atoms with Crippen molar-refractivity contribution in [2.24, 2.45) is 0 Å². The molecule has 2 saturated heterocycles. The molecule has 2 fully saturated rings. The highest BCUT2D eigenvalue weighted by atomic mass is 19.1. The van der Waals surface area contributed by atoms with Crippen LogP contribution in [0.4, 0.5) is 9.18 Å². The first kappa shape index (κ1) is 20.5. The maximum absolute atomic E-state index is 13.0. The molecule has 0 radical (unpaired) electrons. The van der Waals surface area contributed by atoms with Gasteiger partial charge in [-0.3, -0.25) is 14.5 Å². The quantitative estimate of drug-likeness (QED) is 0.554. The van der Waals surface area contributed by atoms with Crippen molar-refractivity contribution in [1.82, 2.24) is 14.7 Å². The number of imide groups is 1. The first-order chi connectivity index (χ1) is 13.3. The van der Waals surface area contributed by atoms with Gasteiger partial charge in [0.25, 0.3) is 5.91 Å². The number of hydrogen-bond acceptors (Lipinski definition) is 4. The van der Waals surface area contributed by atoms with E-state index in [1.165, 1.54) is 29.2 Å².